The summed E-state index contributed by atoms with van der Waals surface area (Å²) in [6.45, 7) is 11.5. The molecule has 0 aliphatic rings. The van der Waals surface area contributed by atoms with Gasteiger partial charge in [0.25, 0.3) is 0 Å². The molecule has 0 radical (unpaired) electrons. The first-order valence-electron chi connectivity index (χ1n) is 5.57. The highest BCUT2D eigenvalue weighted by atomic mass is 16.5. The predicted molar refractivity (Wildman–Crippen MR) is 59.5 cm³/mol. The monoisotopic (exact) mass is 203 g/mol. The Bertz CT molecular complexity index is 126. The Balaban J connectivity index is 3.63. The van der Waals surface area contributed by atoms with E-state index < -0.39 is 0 Å². The molecule has 1 unspecified atom stereocenters. The fourth-order valence-corrected chi connectivity index (χ4v) is 1.41. The molecule has 0 aromatic carbocycles. The van der Waals surface area contributed by atoms with Crippen LogP contribution in [0.4, 0.5) is 0 Å². The third-order valence-corrected chi connectivity index (χ3v) is 2.17. The molecule has 0 saturated carbocycles. The van der Waals surface area contributed by atoms with Crippen molar-refractivity contribution >= 4 is 0 Å². The molecule has 0 saturated heterocycles. The maximum Gasteiger partial charge on any atom is 0.0639 e. The van der Waals surface area contributed by atoms with Crippen molar-refractivity contribution in [3.05, 3.63) is 0 Å². The minimum absolute atomic E-state index is 0.246. The normalized spacial score (nSPS) is 13.9. The van der Waals surface area contributed by atoms with Gasteiger partial charge in [0, 0.05) is 32.3 Å². The van der Waals surface area contributed by atoms with Crippen LogP contribution in [0.2, 0.25) is 0 Å². The highest BCUT2D eigenvalue weighted by Gasteiger charge is 2.10. The van der Waals surface area contributed by atoms with Crippen LogP contribution in [0.1, 0.15) is 34.1 Å². The Morgan fingerprint density at radius 1 is 1.29 bits per heavy atom. The third-order valence-electron chi connectivity index (χ3n) is 2.17. The maximum atomic E-state index is 9.30. The smallest absolute Gasteiger partial charge is 0.0639 e. The van der Waals surface area contributed by atoms with Crippen molar-refractivity contribution in [1.82, 2.24) is 4.90 Å². The average molecular weight is 203 g/mol. The van der Waals surface area contributed by atoms with Gasteiger partial charge in [0.2, 0.25) is 0 Å². The van der Waals surface area contributed by atoms with Crippen molar-refractivity contribution in [1.29, 1.82) is 0 Å². The molecular formula is C11H25NO2. The molecule has 0 aliphatic carbocycles. The number of nitrogens with zero attached hydrogens (tertiary/aromatic N) is 1. The summed E-state index contributed by atoms with van der Waals surface area (Å²) in [7, 11) is 0. The summed E-state index contributed by atoms with van der Waals surface area (Å²) in [4.78, 5) is 2.28. The molecule has 0 aliphatic heterocycles. The number of aliphatic hydroxyl groups is 1. The number of hydrogen-bond acceptors (Lipinski definition) is 3. The summed E-state index contributed by atoms with van der Waals surface area (Å²) >= 11 is 0. The van der Waals surface area contributed by atoms with E-state index in [0.717, 1.165) is 32.7 Å². The first kappa shape index (κ1) is 13.9. The molecule has 0 spiro atoms. The molecule has 1 atom stereocenters. The lowest BCUT2D eigenvalue weighted by atomic mass is 10.2. The van der Waals surface area contributed by atoms with Crippen LogP contribution in [-0.4, -0.2) is 48.5 Å². The molecule has 0 aromatic rings. The molecule has 0 heterocycles. The van der Waals surface area contributed by atoms with E-state index in [2.05, 4.69) is 18.7 Å². The molecule has 14 heavy (non-hydrogen) atoms. The van der Waals surface area contributed by atoms with Crippen molar-refractivity contribution in [3.63, 3.8) is 0 Å². The molecule has 3 nitrogen and oxygen atoms in total. The lowest BCUT2D eigenvalue weighted by molar-refractivity contribution is 0.0894. The van der Waals surface area contributed by atoms with Gasteiger partial charge in [-0.2, -0.15) is 0 Å². The van der Waals surface area contributed by atoms with Gasteiger partial charge in [-0.1, -0.05) is 0 Å². The van der Waals surface area contributed by atoms with E-state index in [1.54, 1.807) is 0 Å². The van der Waals surface area contributed by atoms with E-state index in [0.29, 0.717) is 6.04 Å². The highest BCUT2D eigenvalue weighted by Crippen LogP contribution is 2.01. The summed E-state index contributed by atoms with van der Waals surface area (Å²) in [6.07, 6.45) is 0.795. The summed E-state index contributed by atoms with van der Waals surface area (Å²) in [5.74, 6) is 0. The van der Waals surface area contributed by atoms with Crippen LogP contribution in [0.3, 0.4) is 0 Å². The van der Waals surface area contributed by atoms with Crippen molar-refractivity contribution in [2.75, 3.05) is 26.3 Å². The van der Waals surface area contributed by atoms with Gasteiger partial charge >= 0.3 is 0 Å². The summed E-state index contributed by atoms with van der Waals surface area (Å²) in [6, 6.07) is 0.492. The molecule has 1 N–H and O–H groups in total. The Morgan fingerprint density at radius 3 is 2.36 bits per heavy atom. The predicted octanol–water partition coefficient (Wildman–Crippen LogP) is 1.50. The van der Waals surface area contributed by atoms with Gasteiger partial charge in [0.15, 0.2) is 0 Å². The van der Waals surface area contributed by atoms with Gasteiger partial charge < -0.3 is 9.84 Å². The number of hydrogen-bond donors (Lipinski definition) is 1. The fraction of sp³-hybridized carbons (Fsp3) is 1.00. The van der Waals surface area contributed by atoms with Gasteiger partial charge in [-0.25, -0.2) is 0 Å². The van der Waals surface area contributed by atoms with Gasteiger partial charge in [0.05, 0.1) is 6.10 Å². The van der Waals surface area contributed by atoms with Crippen LogP contribution in [0, 0.1) is 0 Å². The molecule has 0 aromatic heterocycles. The van der Waals surface area contributed by atoms with Crippen molar-refractivity contribution in [2.45, 2.75) is 46.3 Å². The zero-order valence-corrected chi connectivity index (χ0v) is 9.99. The van der Waals surface area contributed by atoms with E-state index >= 15 is 0 Å². The molecule has 0 fully saturated rings. The van der Waals surface area contributed by atoms with Gasteiger partial charge in [-0.15, -0.1) is 0 Å². The second kappa shape index (κ2) is 8.21. The van der Waals surface area contributed by atoms with Crippen LogP contribution < -0.4 is 0 Å². The minimum Gasteiger partial charge on any atom is -0.392 e. The maximum absolute atomic E-state index is 9.30. The second-order valence-electron chi connectivity index (χ2n) is 3.99. The fourth-order valence-electron chi connectivity index (χ4n) is 1.41. The van der Waals surface area contributed by atoms with Crippen LogP contribution in [0.25, 0.3) is 0 Å². The third kappa shape index (κ3) is 7.30. The van der Waals surface area contributed by atoms with Gasteiger partial charge in [0.1, 0.15) is 0 Å². The second-order valence-corrected chi connectivity index (χ2v) is 3.99. The first-order chi connectivity index (χ1) is 6.57. The van der Waals surface area contributed by atoms with Crippen molar-refractivity contribution in [3.8, 4) is 0 Å². The number of ether oxygens (including phenoxy) is 1. The van der Waals surface area contributed by atoms with Crippen LogP contribution >= 0.6 is 0 Å². The average Bonchev–Trinajstić information content (AvgIpc) is 2.09. The van der Waals surface area contributed by atoms with E-state index in [1.807, 2.05) is 13.8 Å². The quantitative estimate of drug-likeness (QED) is 0.607. The first-order valence-corrected chi connectivity index (χ1v) is 5.57. The Kier molecular flexibility index (Phi) is 8.14. The lowest BCUT2D eigenvalue weighted by Gasteiger charge is -2.27. The highest BCUT2D eigenvalue weighted by molar-refractivity contribution is 4.65. The van der Waals surface area contributed by atoms with Crippen LogP contribution in [-0.2, 0) is 4.74 Å². The topological polar surface area (TPSA) is 32.7 Å². The van der Waals surface area contributed by atoms with Crippen molar-refractivity contribution < 1.29 is 9.84 Å². The van der Waals surface area contributed by atoms with Gasteiger partial charge in [-0.05, 0) is 34.1 Å². The largest absolute Gasteiger partial charge is 0.392 e. The molecule has 0 rings (SSSR count). The Morgan fingerprint density at radius 2 is 1.93 bits per heavy atom. The van der Waals surface area contributed by atoms with Crippen LogP contribution in [0.5, 0.6) is 0 Å². The SMILES string of the molecule is CCOCCCN(CC(C)O)C(C)C. The zero-order chi connectivity index (χ0) is 11.0. The number of aliphatic hydroxyl groups excluding tert-OH is 1. The Labute approximate surface area is 88.1 Å². The van der Waals surface area contributed by atoms with Gasteiger partial charge in [-0.3, -0.25) is 4.90 Å². The Hall–Kier alpha value is -0.120. The summed E-state index contributed by atoms with van der Waals surface area (Å²) in [5, 5.41) is 9.30. The molecule has 86 valence electrons. The van der Waals surface area contributed by atoms with Crippen molar-refractivity contribution in [2.24, 2.45) is 0 Å². The lowest BCUT2D eigenvalue weighted by Crippen LogP contribution is -2.37. The molecule has 0 bridgehead atoms. The molecular weight excluding hydrogens is 178 g/mol. The molecule has 3 heteroatoms. The summed E-state index contributed by atoms with van der Waals surface area (Å²) < 4.78 is 5.28. The van der Waals surface area contributed by atoms with Crippen LogP contribution in [0.15, 0.2) is 0 Å². The molecule has 0 amide bonds. The summed E-state index contributed by atoms with van der Waals surface area (Å²) in [5.41, 5.74) is 0. The van der Waals surface area contributed by atoms with E-state index in [9.17, 15) is 5.11 Å². The zero-order valence-electron chi connectivity index (χ0n) is 9.99. The van der Waals surface area contributed by atoms with E-state index in [4.69, 9.17) is 4.74 Å². The van der Waals surface area contributed by atoms with E-state index in [-0.39, 0.29) is 6.10 Å². The standard InChI is InChI=1S/C11H25NO2/c1-5-14-8-6-7-12(10(2)3)9-11(4)13/h10-11,13H,5-9H2,1-4H3. The number of rotatable bonds is 8. The minimum atomic E-state index is -0.246. The van der Waals surface area contributed by atoms with E-state index in [1.165, 1.54) is 0 Å².